The highest BCUT2D eigenvalue weighted by Gasteiger charge is 2.34. The van der Waals surface area contributed by atoms with E-state index >= 15 is 0 Å². The summed E-state index contributed by atoms with van der Waals surface area (Å²) in [6.45, 7) is 14.3. The molecule has 2 heterocycles. The molecule has 4 rings (SSSR count). The van der Waals surface area contributed by atoms with E-state index < -0.39 is 0 Å². The number of aromatic nitrogens is 1. The third kappa shape index (κ3) is 9.61. The van der Waals surface area contributed by atoms with E-state index in [0.717, 1.165) is 36.9 Å². The lowest BCUT2D eigenvalue weighted by atomic mass is 9.82. The molecule has 270 valence electrons. The van der Waals surface area contributed by atoms with Crippen LogP contribution < -0.4 is 20.7 Å². The van der Waals surface area contributed by atoms with Crippen molar-refractivity contribution in [1.29, 1.82) is 0 Å². The molecule has 2 aromatic rings. The van der Waals surface area contributed by atoms with E-state index in [1.54, 1.807) is 36.7 Å². The first-order valence-electron chi connectivity index (χ1n) is 17.4. The van der Waals surface area contributed by atoms with E-state index in [1.165, 1.54) is 6.42 Å². The summed E-state index contributed by atoms with van der Waals surface area (Å²) in [6.07, 6.45) is 5.63. The number of aliphatic imine (C=N–C) groups is 1. The molecule has 1 aromatic carbocycles. The minimum atomic E-state index is -0.343. The number of piperazine rings is 1. The number of carbonyl (C=O) groups excluding carboxylic acids is 3. The largest absolute Gasteiger partial charge is 0.497 e. The van der Waals surface area contributed by atoms with Crippen molar-refractivity contribution >= 4 is 35.3 Å². The first-order chi connectivity index (χ1) is 23.7. The fourth-order valence-electron chi connectivity index (χ4n) is 6.69. The number of fused-ring (bicyclic) bond motifs is 1. The van der Waals surface area contributed by atoms with Gasteiger partial charge in [0, 0.05) is 56.9 Å². The maximum Gasteiger partial charge on any atom is 0.271 e. The van der Waals surface area contributed by atoms with Crippen molar-refractivity contribution in [2.45, 2.75) is 51.1 Å². The molecule has 1 unspecified atom stereocenters. The van der Waals surface area contributed by atoms with Crippen molar-refractivity contribution in [3.8, 4) is 5.75 Å². The van der Waals surface area contributed by atoms with Crippen LogP contribution >= 0.6 is 0 Å². The van der Waals surface area contributed by atoms with Crippen LogP contribution in [0.25, 0.3) is 10.9 Å². The molecular weight excluding hydrogens is 626 g/mol. The van der Waals surface area contributed by atoms with Gasteiger partial charge in [-0.25, -0.2) is 0 Å². The molecule has 49 heavy (non-hydrogen) atoms. The van der Waals surface area contributed by atoms with Gasteiger partial charge in [-0.05, 0) is 51.6 Å². The lowest BCUT2D eigenvalue weighted by Crippen LogP contribution is -2.55. The summed E-state index contributed by atoms with van der Waals surface area (Å²) >= 11 is 0. The van der Waals surface area contributed by atoms with Gasteiger partial charge < -0.3 is 44.5 Å². The van der Waals surface area contributed by atoms with Gasteiger partial charge in [0.1, 0.15) is 11.4 Å². The lowest BCUT2D eigenvalue weighted by Gasteiger charge is -2.42. The molecule has 2 aliphatic rings. The molecule has 1 saturated carbocycles. The monoisotopic (exact) mass is 681 g/mol. The normalized spacial score (nSPS) is 16.7. The standard InChI is InChI=1S/C36H55N7O6/c1-25(38-4)34(44)40-32(27-10-8-7-9-11-27)26(2)42-16-18-43(19-17-42)36(46)33-31(29-13-12-28(47-6)24-30(29)41(33)5)35(45)39-15-21-49-23-22-48-20-14-37-3/h12-13,24-25,27,32,38H,2-3,7-11,14-23H2,1,4-6H3,(H,39,45)(H,40,44)/t25-,32?/m0/s1. The molecule has 1 aliphatic heterocycles. The predicted molar refractivity (Wildman–Crippen MR) is 192 cm³/mol. The van der Waals surface area contributed by atoms with Crippen LogP contribution in [0.4, 0.5) is 0 Å². The number of hydrogen-bond donors (Lipinski definition) is 3. The number of nitrogens with one attached hydrogen (secondary N) is 3. The highest BCUT2D eigenvalue weighted by Crippen LogP contribution is 2.32. The molecule has 3 amide bonds. The Morgan fingerprint density at radius 3 is 2.33 bits per heavy atom. The van der Waals surface area contributed by atoms with Gasteiger partial charge in [-0.2, -0.15) is 0 Å². The number of rotatable bonds is 18. The predicted octanol–water partition coefficient (Wildman–Crippen LogP) is 2.60. The van der Waals surface area contributed by atoms with Gasteiger partial charge in [0.15, 0.2) is 0 Å². The van der Waals surface area contributed by atoms with Crippen molar-refractivity contribution in [1.82, 2.24) is 30.3 Å². The second-order valence-electron chi connectivity index (χ2n) is 12.8. The van der Waals surface area contributed by atoms with Crippen LogP contribution in [0.3, 0.4) is 0 Å². The van der Waals surface area contributed by atoms with Crippen molar-refractivity contribution in [3.63, 3.8) is 0 Å². The van der Waals surface area contributed by atoms with Crippen molar-refractivity contribution in [2.24, 2.45) is 18.0 Å². The van der Waals surface area contributed by atoms with Gasteiger partial charge in [-0.1, -0.05) is 25.8 Å². The van der Waals surface area contributed by atoms with E-state index in [1.807, 2.05) is 19.1 Å². The highest BCUT2D eigenvalue weighted by molar-refractivity contribution is 6.16. The Labute approximate surface area is 290 Å². The molecule has 2 fully saturated rings. The number of carbonyl (C=O) groups is 3. The van der Waals surface area contributed by atoms with E-state index in [0.29, 0.717) is 87.5 Å². The van der Waals surface area contributed by atoms with Gasteiger partial charge in [0.05, 0.1) is 63.2 Å². The smallest absolute Gasteiger partial charge is 0.271 e. The second kappa shape index (κ2) is 18.7. The molecule has 0 spiro atoms. The summed E-state index contributed by atoms with van der Waals surface area (Å²) in [4.78, 5) is 48.6. The third-order valence-electron chi connectivity index (χ3n) is 9.71. The Hall–Kier alpha value is -3.94. The number of nitrogens with zero attached hydrogens (tertiary/aromatic N) is 4. The maximum absolute atomic E-state index is 14.2. The van der Waals surface area contributed by atoms with Crippen molar-refractivity contribution in [2.75, 3.05) is 79.9 Å². The molecule has 1 saturated heterocycles. The van der Waals surface area contributed by atoms with Crippen LogP contribution in [0.1, 0.15) is 59.9 Å². The van der Waals surface area contributed by atoms with Crippen LogP contribution in [0.5, 0.6) is 5.75 Å². The summed E-state index contributed by atoms with van der Waals surface area (Å²) in [5.74, 6) is 0.375. The van der Waals surface area contributed by atoms with Crippen molar-refractivity contribution in [3.05, 3.63) is 41.7 Å². The first kappa shape index (κ1) is 37.9. The van der Waals surface area contributed by atoms with Crippen LogP contribution in [0.2, 0.25) is 0 Å². The Morgan fingerprint density at radius 1 is 1.00 bits per heavy atom. The van der Waals surface area contributed by atoms with E-state index in [9.17, 15) is 14.4 Å². The number of aryl methyl sites for hydroxylation is 1. The minimum absolute atomic E-state index is 0.0381. The summed E-state index contributed by atoms with van der Waals surface area (Å²) in [7, 11) is 5.17. The number of methoxy groups -OCH3 is 1. The van der Waals surface area contributed by atoms with Gasteiger partial charge in [-0.15, -0.1) is 0 Å². The summed E-state index contributed by atoms with van der Waals surface area (Å²) in [5, 5.41) is 9.92. The molecular formula is C36H55N7O6. The number of amides is 3. The molecule has 3 N–H and O–H groups in total. The lowest BCUT2D eigenvalue weighted by molar-refractivity contribution is -0.123. The highest BCUT2D eigenvalue weighted by atomic mass is 16.5. The van der Waals surface area contributed by atoms with Crippen LogP contribution in [0.15, 0.2) is 35.5 Å². The number of hydrogen-bond acceptors (Lipinski definition) is 9. The van der Waals surface area contributed by atoms with Gasteiger partial charge in [0.25, 0.3) is 11.8 Å². The molecule has 13 heteroatoms. The summed E-state index contributed by atoms with van der Waals surface area (Å²) in [6, 6.07) is 4.99. The van der Waals surface area contributed by atoms with E-state index in [-0.39, 0.29) is 36.3 Å². The van der Waals surface area contributed by atoms with Crippen LogP contribution in [0, 0.1) is 5.92 Å². The number of ether oxygens (including phenoxy) is 3. The van der Waals surface area contributed by atoms with Crippen LogP contribution in [-0.2, 0) is 21.3 Å². The van der Waals surface area contributed by atoms with Crippen molar-refractivity contribution < 1.29 is 28.6 Å². The zero-order chi connectivity index (χ0) is 35.3. The number of likely N-dealkylation sites (N-methyl/N-ethyl adjacent to an activating group) is 1. The third-order valence-corrected chi connectivity index (χ3v) is 9.71. The molecule has 2 atom stereocenters. The average molecular weight is 682 g/mol. The van der Waals surface area contributed by atoms with E-state index in [4.69, 9.17) is 14.2 Å². The number of benzene rings is 1. The average Bonchev–Trinajstić information content (AvgIpc) is 3.43. The molecule has 1 aromatic heterocycles. The Balaban J connectivity index is 1.45. The molecule has 0 bridgehead atoms. The zero-order valence-electron chi connectivity index (χ0n) is 29.7. The molecule has 13 nitrogen and oxygen atoms in total. The maximum atomic E-state index is 14.2. The first-order valence-corrected chi connectivity index (χ1v) is 17.4. The Morgan fingerprint density at radius 2 is 1.67 bits per heavy atom. The molecule has 1 aliphatic carbocycles. The van der Waals surface area contributed by atoms with Gasteiger partial charge in [0.2, 0.25) is 5.91 Å². The van der Waals surface area contributed by atoms with E-state index in [2.05, 4.69) is 39.1 Å². The fraction of sp³-hybridized carbons (Fsp3) is 0.611. The molecule has 0 radical (unpaired) electrons. The summed E-state index contributed by atoms with van der Waals surface area (Å²) in [5.41, 5.74) is 2.28. The Kier molecular flexibility index (Phi) is 14.5. The van der Waals surface area contributed by atoms with Gasteiger partial charge in [-0.3, -0.25) is 19.4 Å². The quantitative estimate of drug-likeness (QED) is 0.161. The fourth-order valence-corrected chi connectivity index (χ4v) is 6.69. The SMILES string of the molecule is C=NCCOCCOCCNC(=O)c1c(C(=O)N2CCN(C(=C)C(NC(=O)[C@H](C)NC)C3CCCCC3)CC2)n(C)c2cc(OC)ccc12. The second-order valence-corrected chi connectivity index (χ2v) is 12.8. The zero-order valence-corrected chi connectivity index (χ0v) is 29.7. The Bertz CT molecular complexity index is 1440. The topological polar surface area (TPSA) is 139 Å². The summed E-state index contributed by atoms with van der Waals surface area (Å²) < 4.78 is 18.2. The van der Waals surface area contributed by atoms with Crippen LogP contribution in [-0.4, -0.2) is 131 Å². The van der Waals surface area contributed by atoms with Gasteiger partial charge >= 0.3 is 0 Å². The minimum Gasteiger partial charge on any atom is -0.497 e.